The number of nitroso groups, excluding NO2 is 1. The summed E-state index contributed by atoms with van der Waals surface area (Å²) in [6.45, 7) is 0. The molecule has 86 valence electrons. The molecule has 2 rings (SSSR count). The molecule has 1 aromatic carbocycles. The van der Waals surface area contributed by atoms with Crippen molar-refractivity contribution in [3.05, 3.63) is 53.3 Å². The minimum Gasteiger partial charge on any atom is -0.478 e. The largest absolute Gasteiger partial charge is 0.478 e. The Hall–Kier alpha value is -2.50. The van der Waals surface area contributed by atoms with Gasteiger partial charge in [-0.25, -0.2) is 14.3 Å². The van der Waals surface area contributed by atoms with E-state index < -0.39 is 12.0 Å². The van der Waals surface area contributed by atoms with Gasteiger partial charge < -0.3 is 5.11 Å². The number of carboxylic acid groups (broad SMARTS) is 1. The van der Waals surface area contributed by atoms with E-state index in [-0.39, 0.29) is 5.82 Å². The van der Waals surface area contributed by atoms with Crippen molar-refractivity contribution in [2.45, 2.75) is 6.04 Å². The number of nitrogens with zero attached hydrogens (tertiary/aromatic N) is 2. The number of aromatic amines is 1. The number of carboxylic acids is 1. The van der Waals surface area contributed by atoms with Crippen LogP contribution in [0.4, 0.5) is 5.82 Å². The first kappa shape index (κ1) is 11.0. The van der Waals surface area contributed by atoms with Gasteiger partial charge in [0.1, 0.15) is 0 Å². The number of imidazole rings is 1. The number of nitrogens with one attached hydrogen (secondary N) is 1. The van der Waals surface area contributed by atoms with Crippen LogP contribution in [0.25, 0.3) is 0 Å². The quantitative estimate of drug-likeness (QED) is 0.616. The summed E-state index contributed by atoms with van der Waals surface area (Å²) in [6, 6.07) is 7.89. The Morgan fingerprint density at radius 1 is 1.35 bits per heavy atom. The lowest BCUT2D eigenvalue weighted by atomic mass is 10.1. The zero-order chi connectivity index (χ0) is 12.3. The number of aromatic nitrogens is 2. The summed E-state index contributed by atoms with van der Waals surface area (Å²) in [5.74, 6) is -0.912. The van der Waals surface area contributed by atoms with E-state index >= 15 is 0 Å². The monoisotopic (exact) mass is 232 g/mol. The number of rotatable bonds is 4. The van der Waals surface area contributed by atoms with Gasteiger partial charge in [-0.2, -0.15) is 0 Å². The molecule has 0 aliphatic heterocycles. The smallest absolute Gasteiger partial charge is 0.354 e. The second-order valence-corrected chi connectivity index (χ2v) is 3.48. The van der Waals surface area contributed by atoms with E-state index in [9.17, 15) is 14.8 Å². The van der Waals surface area contributed by atoms with Gasteiger partial charge >= 0.3 is 5.97 Å². The van der Waals surface area contributed by atoms with E-state index in [1.54, 1.807) is 24.3 Å². The van der Waals surface area contributed by atoms with Crippen molar-refractivity contribution in [2.24, 2.45) is 5.18 Å². The van der Waals surface area contributed by atoms with Crippen LogP contribution in [0.15, 0.2) is 48.0 Å². The average molecular weight is 232 g/mol. The summed E-state index contributed by atoms with van der Waals surface area (Å²) >= 11 is 0. The van der Waals surface area contributed by atoms with Crippen molar-refractivity contribution >= 4 is 11.8 Å². The van der Waals surface area contributed by atoms with Gasteiger partial charge in [0.25, 0.3) is 5.82 Å². The zero-order valence-electron chi connectivity index (χ0n) is 8.78. The van der Waals surface area contributed by atoms with Gasteiger partial charge in [0.15, 0.2) is 6.20 Å². The molecule has 0 fully saturated rings. The van der Waals surface area contributed by atoms with E-state index in [1.165, 1.54) is 17.1 Å². The summed E-state index contributed by atoms with van der Waals surface area (Å²) < 4.78 is 1.40. The molecule has 1 aromatic heterocycles. The molecular weight excluding hydrogens is 222 g/mol. The Balaban J connectivity index is 2.42. The second-order valence-electron chi connectivity index (χ2n) is 3.48. The molecule has 17 heavy (non-hydrogen) atoms. The molecule has 0 saturated carbocycles. The van der Waals surface area contributed by atoms with E-state index in [2.05, 4.69) is 10.2 Å². The van der Waals surface area contributed by atoms with Crippen molar-refractivity contribution in [3.63, 3.8) is 0 Å². The van der Waals surface area contributed by atoms with Gasteiger partial charge in [0, 0.05) is 10.7 Å². The van der Waals surface area contributed by atoms with Gasteiger partial charge in [0.05, 0.1) is 0 Å². The maximum absolute atomic E-state index is 11.3. The normalized spacial score (nSPS) is 12.0. The summed E-state index contributed by atoms with van der Waals surface area (Å²) in [6.07, 6.45) is 2.77. The third kappa shape index (κ3) is 2.20. The number of aliphatic carboxylic acids is 1. The first-order valence-electron chi connectivity index (χ1n) is 4.92. The Labute approximate surface area is 96.5 Å². The number of H-pyrrole nitrogens is 1. The summed E-state index contributed by atoms with van der Waals surface area (Å²) in [7, 11) is 0. The predicted molar refractivity (Wildman–Crippen MR) is 58.7 cm³/mol. The third-order valence-electron chi connectivity index (χ3n) is 2.38. The van der Waals surface area contributed by atoms with Crippen LogP contribution in [-0.4, -0.2) is 16.1 Å². The highest BCUT2D eigenvalue weighted by molar-refractivity contribution is 5.73. The molecule has 2 N–H and O–H groups in total. The fourth-order valence-electron chi connectivity index (χ4n) is 1.63. The van der Waals surface area contributed by atoms with Crippen LogP contribution in [0.2, 0.25) is 0 Å². The molecule has 0 spiro atoms. The van der Waals surface area contributed by atoms with Crippen molar-refractivity contribution in [3.8, 4) is 0 Å². The highest BCUT2D eigenvalue weighted by atomic mass is 16.4. The minimum atomic E-state index is -1.00. The van der Waals surface area contributed by atoms with Crippen molar-refractivity contribution in [2.75, 3.05) is 0 Å². The molecule has 1 unspecified atom stereocenters. The lowest BCUT2D eigenvalue weighted by Crippen LogP contribution is -2.42. The topological polar surface area (TPSA) is 86.4 Å². The summed E-state index contributed by atoms with van der Waals surface area (Å²) in [5.41, 5.74) is 0.626. The van der Waals surface area contributed by atoms with E-state index in [0.29, 0.717) is 5.56 Å². The molecule has 0 aliphatic carbocycles. The van der Waals surface area contributed by atoms with Gasteiger partial charge in [-0.15, -0.1) is 4.91 Å². The van der Waals surface area contributed by atoms with E-state index in [4.69, 9.17) is 0 Å². The molecule has 0 aliphatic rings. The lowest BCUT2D eigenvalue weighted by molar-refractivity contribution is -0.700. The average Bonchev–Trinajstić information content (AvgIpc) is 2.79. The Morgan fingerprint density at radius 3 is 2.59 bits per heavy atom. The Bertz CT molecular complexity index is 536. The van der Waals surface area contributed by atoms with Gasteiger partial charge in [0.2, 0.25) is 12.4 Å². The van der Waals surface area contributed by atoms with Crippen LogP contribution in [0.3, 0.4) is 0 Å². The van der Waals surface area contributed by atoms with E-state index in [1.807, 2.05) is 6.07 Å². The van der Waals surface area contributed by atoms with Crippen molar-refractivity contribution in [1.82, 2.24) is 4.98 Å². The van der Waals surface area contributed by atoms with Crippen LogP contribution in [-0.2, 0) is 4.79 Å². The van der Waals surface area contributed by atoms with Crippen LogP contribution in [0.1, 0.15) is 11.6 Å². The van der Waals surface area contributed by atoms with Crippen molar-refractivity contribution < 1.29 is 14.5 Å². The maximum atomic E-state index is 11.3. The van der Waals surface area contributed by atoms with E-state index in [0.717, 1.165) is 0 Å². The minimum absolute atomic E-state index is 0.0900. The molecule has 0 saturated heterocycles. The number of carbonyl (C=O) groups is 1. The molecule has 0 radical (unpaired) electrons. The molecule has 0 bridgehead atoms. The maximum Gasteiger partial charge on any atom is 0.354 e. The number of hydrogen-bond donors (Lipinski definition) is 2. The summed E-state index contributed by atoms with van der Waals surface area (Å²) in [4.78, 5) is 24.1. The Kier molecular flexibility index (Phi) is 2.95. The number of hydrogen-bond acceptors (Lipinski definition) is 3. The van der Waals surface area contributed by atoms with Crippen LogP contribution in [0, 0.1) is 4.91 Å². The fraction of sp³-hybridized carbons (Fsp3) is 0.0909. The van der Waals surface area contributed by atoms with Gasteiger partial charge in [-0.3, -0.25) is 0 Å². The molecule has 6 heteroatoms. The van der Waals surface area contributed by atoms with Crippen LogP contribution < -0.4 is 4.57 Å². The molecular formula is C11H10N3O3+. The third-order valence-corrected chi connectivity index (χ3v) is 2.38. The molecule has 0 amide bonds. The number of benzene rings is 1. The molecule has 6 nitrogen and oxygen atoms in total. The van der Waals surface area contributed by atoms with Crippen LogP contribution in [0.5, 0.6) is 0 Å². The SMILES string of the molecule is O=Nc1c[n+](C(C(=O)O)c2ccccc2)c[nH]1. The van der Waals surface area contributed by atoms with Crippen molar-refractivity contribution in [1.29, 1.82) is 0 Å². The highest BCUT2D eigenvalue weighted by Gasteiger charge is 2.27. The Morgan fingerprint density at radius 2 is 2.06 bits per heavy atom. The second kappa shape index (κ2) is 4.56. The van der Waals surface area contributed by atoms with Gasteiger partial charge in [-0.1, -0.05) is 30.3 Å². The predicted octanol–water partition coefficient (Wildman–Crippen LogP) is 1.37. The summed E-state index contributed by atoms with van der Waals surface area (Å²) in [5, 5.41) is 11.9. The standard InChI is InChI=1S/C11H9N3O3/c15-11(16)10(8-4-2-1-3-5-8)14-6-9(13-17)12-7-14/h1-7,10H,(H,15,16)/p+1. The molecule has 1 heterocycles. The first-order chi connectivity index (χ1) is 8.22. The first-order valence-corrected chi connectivity index (χ1v) is 4.92. The fourth-order valence-corrected chi connectivity index (χ4v) is 1.63. The zero-order valence-corrected chi connectivity index (χ0v) is 8.78. The van der Waals surface area contributed by atoms with Crippen LogP contribution >= 0.6 is 0 Å². The molecule has 2 aromatic rings. The van der Waals surface area contributed by atoms with Gasteiger partial charge in [-0.05, 0) is 0 Å². The lowest BCUT2D eigenvalue weighted by Gasteiger charge is -2.08. The molecule has 1 atom stereocenters. The highest BCUT2D eigenvalue weighted by Crippen LogP contribution is 2.13.